The van der Waals surface area contributed by atoms with E-state index in [2.05, 4.69) is 9.71 Å². The predicted molar refractivity (Wildman–Crippen MR) is 104 cm³/mol. The molecule has 0 unspecified atom stereocenters. The lowest BCUT2D eigenvalue weighted by Gasteiger charge is -2.26. The summed E-state index contributed by atoms with van der Waals surface area (Å²) in [5.74, 6) is 1.03. The van der Waals surface area contributed by atoms with Crippen molar-refractivity contribution in [2.24, 2.45) is 0 Å². The van der Waals surface area contributed by atoms with Crippen molar-refractivity contribution in [1.29, 1.82) is 0 Å². The molecule has 2 heterocycles. The molecule has 0 fully saturated rings. The third-order valence-electron chi connectivity index (χ3n) is 4.78. The van der Waals surface area contributed by atoms with E-state index in [1.807, 2.05) is 4.57 Å². The number of fused-ring (bicyclic) bond motifs is 1. The standard InChI is InChI=1S/C20H20FN3O4S/c1-27-16-6-8-18(9-7-16)29(25,26)23-10-17-12-24-19(11-22-20(24)13-28-17)14-2-4-15(21)5-3-14/h2-9,11,17,23H,10,12-13H2,1H3/t17-/m0/s1. The second kappa shape index (κ2) is 7.94. The van der Waals surface area contributed by atoms with E-state index in [1.54, 1.807) is 30.5 Å². The lowest BCUT2D eigenvalue weighted by molar-refractivity contribution is 0.00634. The third-order valence-corrected chi connectivity index (χ3v) is 6.22. The van der Waals surface area contributed by atoms with Crippen LogP contribution in [0, 0.1) is 5.82 Å². The van der Waals surface area contributed by atoms with Crippen LogP contribution in [0.4, 0.5) is 4.39 Å². The Kier molecular flexibility index (Phi) is 5.35. The number of sulfonamides is 1. The number of benzene rings is 2. The smallest absolute Gasteiger partial charge is 0.240 e. The SMILES string of the molecule is COc1ccc(S(=O)(=O)NC[C@H]2Cn3c(-c4ccc(F)cc4)cnc3CO2)cc1. The molecule has 7 nitrogen and oxygen atoms in total. The minimum Gasteiger partial charge on any atom is -0.497 e. The van der Waals surface area contributed by atoms with Crippen LogP contribution in [0.1, 0.15) is 5.82 Å². The van der Waals surface area contributed by atoms with Crippen molar-refractivity contribution in [3.63, 3.8) is 0 Å². The number of aromatic nitrogens is 2. The molecule has 0 aliphatic carbocycles. The summed E-state index contributed by atoms with van der Waals surface area (Å²) in [4.78, 5) is 4.51. The fourth-order valence-corrected chi connectivity index (χ4v) is 4.26. The number of hydrogen-bond donors (Lipinski definition) is 1. The van der Waals surface area contributed by atoms with Gasteiger partial charge in [0.15, 0.2) is 0 Å². The molecule has 29 heavy (non-hydrogen) atoms. The maximum Gasteiger partial charge on any atom is 0.240 e. The van der Waals surface area contributed by atoms with Crippen LogP contribution < -0.4 is 9.46 Å². The fraction of sp³-hybridized carbons (Fsp3) is 0.250. The maximum absolute atomic E-state index is 13.2. The summed E-state index contributed by atoms with van der Waals surface area (Å²) in [6.07, 6.45) is 1.36. The monoisotopic (exact) mass is 417 g/mol. The van der Waals surface area contributed by atoms with Crippen LogP contribution in [0.2, 0.25) is 0 Å². The number of nitrogens with one attached hydrogen (secondary N) is 1. The van der Waals surface area contributed by atoms with Crippen LogP contribution in [-0.2, 0) is 27.9 Å². The highest BCUT2D eigenvalue weighted by atomic mass is 32.2. The van der Waals surface area contributed by atoms with Crippen LogP contribution in [0.15, 0.2) is 59.6 Å². The number of halogens is 1. The number of hydrogen-bond acceptors (Lipinski definition) is 5. The minimum atomic E-state index is -3.67. The van der Waals surface area contributed by atoms with Gasteiger partial charge in [0.25, 0.3) is 0 Å². The second-order valence-corrected chi connectivity index (χ2v) is 8.40. The summed E-state index contributed by atoms with van der Waals surface area (Å²) in [7, 11) is -2.15. The quantitative estimate of drug-likeness (QED) is 0.667. The Bertz CT molecular complexity index is 1100. The molecule has 0 saturated heterocycles. The lowest BCUT2D eigenvalue weighted by Crippen LogP contribution is -2.39. The van der Waals surface area contributed by atoms with Crippen LogP contribution >= 0.6 is 0 Å². The molecule has 9 heteroatoms. The van der Waals surface area contributed by atoms with Crippen molar-refractivity contribution < 1.29 is 22.3 Å². The van der Waals surface area contributed by atoms with Crippen molar-refractivity contribution in [2.75, 3.05) is 13.7 Å². The third kappa shape index (κ3) is 4.16. The van der Waals surface area contributed by atoms with Crippen molar-refractivity contribution in [2.45, 2.75) is 24.2 Å². The highest BCUT2D eigenvalue weighted by Gasteiger charge is 2.25. The van der Waals surface area contributed by atoms with Crippen molar-refractivity contribution in [3.8, 4) is 17.0 Å². The lowest BCUT2D eigenvalue weighted by atomic mass is 10.1. The van der Waals surface area contributed by atoms with Gasteiger partial charge in [-0.1, -0.05) is 0 Å². The first-order chi connectivity index (χ1) is 14.0. The zero-order chi connectivity index (χ0) is 20.4. The summed E-state index contributed by atoms with van der Waals surface area (Å²) < 4.78 is 53.6. The fourth-order valence-electron chi connectivity index (χ4n) is 3.20. The van der Waals surface area contributed by atoms with Gasteiger partial charge in [0.05, 0.1) is 36.5 Å². The van der Waals surface area contributed by atoms with Gasteiger partial charge in [0.2, 0.25) is 10.0 Å². The van der Waals surface area contributed by atoms with Crippen molar-refractivity contribution >= 4 is 10.0 Å². The Balaban J connectivity index is 1.46. The second-order valence-electron chi connectivity index (χ2n) is 6.64. The van der Waals surface area contributed by atoms with Gasteiger partial charge >= 0.3 is 0 Å². The summed E-state index contributed by atoms with van der Waals surface area (Å²) >= 11 is 0. The largest absolute Gasteiger partial charge is 0.497 e. The van der Waals surface area contributed by atoms with Gasteiger partial charge in [-0.2, -0.15) is 0 Å². The maximum atomic E-state index is 13.2. The molecule has 1 aromatic heterocycles. The summed E-state index contributed by atoms with van der Waals surface area (Å²) in [6.45, 7) is 0.831. The van der Waals surface area contributed by atoms with Gasteiger partial charge in [0.1, 0.15) is 24.0 Å². The van der Waals surface area contributed by atoms with Crippen LogP contribution in [0.3, 0.4) is 0 Å². The van der Waals surface area contributed by atoms with E-state index in [4.69, 9.17) is 9.47 Å². The normalized spacial score (nSPS) is 16.4. The molecule has 152 valence electrons. The molecule has 1 atom stereocenters. The molecule has 1 aliphatic heterocycles. The number of nitrogens with zero attached hydrogens (tertiary/aromatic N) is 2. The molecule has 0 radical (unpaired) electrons. The van der Waals surface area contributed by atoms with Gasteiger partial charge in [-0.25, -0.2) is 22.5 Å². The predicted octanol–water partition coefficient (Wildman–Crippen LogP) is 2.58. The molecule has 0 amide bonds. The van der Waals surface area contributed by atoms with E-state index in [-0.39, 0.29) is 30.0 Å². The topological polar surface area (TPSA) is 82.5 Å². The Hall–Kier alpha value is -2.75. The molecule has 1 aliphatic rings. The molecular weight excluding hydrogens is 397 g/mol. The number of imidazole rings is 1. The molecule has 1 N–H and O–H groups in total. The molecular formula is C20H20FN3O4S. The first kappa shape index (κ1) is 19.6. The molecule has 2 aromatic carbocycles. The Morgan fingerprint density at radius 2 is 1.93 bits per heavy atom. The van der Waals surface area contributed by atoms with Gasteiger partial charge < -0.3 is 14.0 Å². The zero-order valence-corrected chi connectivity index (χ0v) is 16.5. The van der Waals surface area contributed by atoms with Gasteiger partial charge in [-0.3, -0.25) is 0 Å². The van der Waals surface area contributed by atoms with Gasteiger partial charge in [0, 0.05) is 6.54 Å². The van der Waals surface area contributed by atoms with Crippen molar-refractivity contribution in [3.05, 3.63) is 66.4 Å². The van der Waals surface area contributed by atoms with E-state index < -0.39 is 10.0 Å². The number of methoxy groups -OCH3 is 1. The van der Waals surface area contributed by atoms with E-state index in [9.17, 15) is 12.8 Å². The molecule has 0 spiro atoms. The molecule has 3 aromatic rings. The summed E-state index contributed by atoms with van der Waals surface area (Å²) in [5, 5.41) is 0. The van der Waals surface area contributed by atoms with Crippen molar-refractivity contribution in [1.82, 2.24) is 14.3 Å². The van der Waals surface area contributed by atoms with E-state index in [0.29, 0.717) is 12.3 Å². The molecule has 0 saturated carbocycles. The van der Waals surface area contributed by atoms with Gasteiger partial charge in [-0.15, -0.1) is 0 Å². The van der Waals surface area contributed by atoms with Crippen LogP contribution in [-0.4, -0.2) is 37.7 Å². The zero-order valence-electron chi connectivity index (χ0n) is 15.7. The van der Waals surface area contributed by atoms with E-state index >= 15 is 0 Å². The molecule has 4 rings (SSSR count). The summed E-state index contributed by atoms with van der Waals surface area (Å²) in [5.41, 5.74) is 1.68. The summed E-state index contributed by atoms with van der Waals surface area (Å²) in [6, 6.07) is 12.3. The highest BCUT2D eigenvalue weighted by Crippen LogP contribution is 2.25. The Labute approximate surface area is 168 Å². The Morgan fingerprint density at radius 3 is 2.62 bits per heavy atom. The van der Waals surface area contributed by atoms with Crippen LogP contribution in [0.5, 0.6) is 5.75 Å². The van der Waals surface area contributed by atoms with E-state index in [0.717, 1.165) is 17.1 Å². The van der Waals surface area contributed by atoms with Crippen LogP contribution in [0.25, 0.3) is 11.3 Å². The Morgan fingerprint density at radius 1 is 1.21 bits per heavy atom. The first-order valence-corrected chi connectivity index (χ1v) is 10.5. The van der Waals surface area contributed by atoms with E-state index in [1.165, 1.54) is 31.4 Å². The van der Waals surface area contributed by atoms with Gasteiger partial charge in [-0.05, 0) is 54.1 Å². The first-order valence-electron chi connectivity index (χ1n) is 9.02. The highest BCUT2D eigenvalue weighted by molar-refractivity contribution is 7.89. The molecule has 0 bridgehead atoms. The average molecular weight is 417 g/mol. The number of rotatable bonds is 6. The minimum absolute atomic E-state index is 0.120. The number of ether oxygens (including phenoxy) is 2. The average Bonchev–Trinajstić information content (AvgIpc) is 3.16.